The van der Waals surface area contributed by atoms with Crippen LogP contribution in [0.15, 0.2) is 51.6 Å². The number of halogens is 1. The van der Waals surface area contributed by atoms with Crippen molar-refractivity contribution in [3.8, 4) is 0 Å². The van der Waals surface area contributed by atoms with Crippen LogP contribution in [0.5, 0.6) is 0 Å². The Morgan fingerprint density at radius 1 is 1.14 bits per heavy atom. The van der Waals surface area contributed by atoms with Crippen LogP contribution in [0.3, 0.4) is 0 Å². The van der Waals surface area contributed by atoms with E-state index in [9.17, 15) is 9.59 Å². The fourth-order valence-corrected chi connectivity index (χ4v) is 3.52. The lowest BCUT2D eigenvalue weighted by atomic mass is 10.2. The Labute approximate surface area is 178 Å². The number of hydrogen-bond donors (Lipinski definition) is 2. The second-order valence-corrected chi connectivity index (χ2v) is 7.88. The first-order chi connectivity index (χ1) is 13.8. The highest BCUT2D eigenvalue weighted by atomic mass is 79.9. The zero-order valence-electron chi connectivity index (χ0n) is 16.7. The summed E-state index contributed by atoms with van der Waals surface area (Å²) in [6, 6.07) is 11.3. The van der Waals surface area contributed by atoms with Crippen molar-refractivity contribution in [1.29, 1.82) is 0 Å². The van der Waals surface area contributed by atoms with Crippen molar-refractivity contribution < 1.29 is 14.0 Å². The number of amides is 2. The SMILES string of the molecule is Cc1ccc(Br)cc1NC(=O)CCNC(=O)c1cc(C)n(Cc2ccco2)c1C. The number of aromatic nitrogens is 1. The molecule has 1 aromatic carbocycles. The zero-order valence-corrected chi connectivity index (χ0v) is 18.3. The molecular formula is C22H24BrN3O3. The van der Waals surface area contributed by atoms with E-state index in [4.69, 9.17) is 4.42 Å². The third-order valence-corrected chi connectivity index (χ3v) is 5.32. The molecule has 6 nitrogen and oxygen atoms in total. The first kappa shape index (κ1) is 20.9. The van der Waals surface area contributed by atoms with Gasteiger partial charge in [-0.3, -0.25) is 9.59 Å². The van der Waals surface area contributed by atoms with Crippen LogP contribution in [-0.2, 0) is 11.3 Å². The van der Waals surface area contributed by atoms with E-state index in [1.807, 2.05) is 61.7 Å². The fraction of sp³-hybridized carbons (Fsp3) is 0.273. The van der Waals surface area contributed by atoms with E-state index in [0.29, 0.717) is 12.1 Å². The second kappa shape index (κ2) is 9.13. The van der Waals surface area contributed by atoms with Gasteiger partial charge in [0.1, 0.15) is 5.76 Å². The van der Waals surface area contributed by atoms with E-state index in [0.717, 1.165) is 32.9 Å². The molecule has 0 saturated carbocycles. The molecular weight excluding hydrogens is 434 g/mol. The van der Waals surface area contributed by atoms with Gasteiger partial charge in [0.2, 0.25) is 5.91 Å². The van der Waals surface area contributed by atoms with Crippen LogP contribution in [0.2, 0.25) is 0 Å². The lowest BCUT2D eigenvalue weighted by Crippen LogP contribution is -2.28. The molecule has 0 aliphatic heterocycles. The number of aryl methyl sites for hydroxylation is 2. The number of carbonyl (C=O) groups is 2. The van der Waals surface area contributed by atoms with Gasteiger partial charge in [0.05, 0.1) is 18.4 Å². The van der Waals surface area contributed by atoms with Gasteiger partial charge in [-0.2, -0.15) is 0 Å². The maximum atomic E-state index is 12.6. The van der Waals surface area contributed by atoms with Crippen LogP contribution < -0.4 is 10.6 Å². The van der Waals surface area contributed by atoms with Crippen molar-refractivity contribution in [3.63, 3.8) is 0 Å². The minimum absolute atomic E-state index is 0.144. The van der Waals surface area contributed by atoms with Gasteiger partial charge in [0, 0.05) is 34.5 Å². The highest BCUT2D eigenvalue weighted by Crippen LogP contribution is 2.21. The summed E-state index contributed by atoms with van der Waals surface area (Å²) in [5.74, 6) is 0.503. The van der Waals surface area contributed by atoms with Crippen LogP contribution in [0.4, 0.5) is 5.69 Å². The van der Waals surface area contributed by atoms with Gasteiger partial charge in [-0.1, -0.05) is 22.0 Å². The molecule has 0 unspecified atom stereocenters. The number of rotatable bonds is 7. The summed E-state index contributed by atoms with van der Waals surface area (Å²) in [6.07, 6.45) is 1.83. The Morgan fingerprint density at radius 2 is 1.93 bits per heavy atom. The van der Waals surface area contributed by atoms with Crippen molar-refractivity contribution in [3.05, 3.63) is 75.4 Å². The first-order valence-electron chi connectivity index (χ1n) is 9.38. The molecule has 152 valence electrons. The smallest absolute Gasteiger partial charge is 0.253 e. The Morgan fingerprint density at radius 3 is 2.66 bits per heavy atom. The maximum Gasteiger partial charge on any atom is 0.253 e. The molecule has 7 heteroatoms. The molecule has 0 atom stereocenters. The van der Waals surface area contributed by atoms with Crippen LogP contribution >= 0.6 is 15.9 Å². The van der Waals surface area contributed by atoms with Gasteiger partial charge < -0.3 is 19.6 Å². The molecule has 29 heavy (non-hydrogen) atoms. The summed E-state index contributed by atoms with van der Waals surface area (Å²) < 4.78 is 8.34. The maximum absolute atomic E-state index is 12.6. The summed E-state index contributed by atoms with van der Waals surface area (Å²) in [6.45, 7) is 6.64. The van der Waals surface area contributed by atoms with Gasteiger partial charge in [-0.25, -0.2) is 0 Å². The quantitative estimate of drug-likeness (QED) is 0.545. The average Bonchev–Trinajstić information content (AvgIpc) is 3.28. The Bertz CT molecular complexity index is 1020. The summed E-state index contributed by atoms with van der Waals surface area (Å²) >= 11 is 3.40. The highest BCUT2D eigenvalue weighted by molar-refractivity contribution is 9.10. The van der Waals surface area contributed by atoms with Crippen LogP contribution in [0.1, 0.15) is 39.5 Å². The fourth-order valence-electron chi connectivity index (χ4n) is 3.16. The van der Waals surface area contributed by atoms with E-state index < -0.39 is 0 Å². The Kier molecular flexibility index (Phi) is 6.59. The topological polar surface area (TPSA) is 76.3 Å². The summed E-state index contributed by atoms with van der Waals surface area (Å²) in [4.78, 5) is 24.8. The predicted octanol–water partition coefficient (Wildman–Crippen LogP) is 4.58. The normalized spacial score (nSPS) is 10.8. The summed E-state index contributed by atoms with van der Waals surface area (Å²) in [7, 11) is 0. The molecule has 0 spiro atoms. The molecule has 0 aliphatic carbocycles. The number of furan rings is 1. The summed E-state index contributed by atoms with van der Waals surface area (Å²) in [5.41, 5.74) is 4.20. The van der Waals surface area contributed by atoms with E-state index in [2.05, 4.69) is 26.6 Å². The number of nitrogens with zero attached hydrogens (tertiary/aromatic N) is 1. The van der Waals surface area contributed by atoms with Crippen molar-refractivity contribution in [2.45, 2.75) is 33.7 Å². The summed E-state index contributed by atoms with van der Waals surface area (Å²) in [5, 5.41) is 5.72. The Balaban J connectivity index is 1.55. The molecule has 0 bridgehead atoms. The second-order valence-electron chi connectivity index (χ2n) is 6.96. The molecule has 3 rings (SSSR count). The van der Waals surface area contributed by atoms with E-state index in [1.54, 1.807) is 6.26 Å². The minimum Gasteiger partial charge on any atom is -0.467 e. The lowest BCUT2D eigenvalue weighted by Gasteiger charge is -2.10. The van der Waals surface area contributed by atoms with Crippen molar-refractivity contribution in [2.75, 3.05) is 11.9 Å². The minimum atomic E-state index is -0.185. The van der Waals surface area contributed by atoms with E-state index in [-0.39, 0.29) is 24.8 Å². The number of carbonyl (C=O) groups excluding carboxylic acids is 2. The first-order valence-corrected chi connectivity index (χ1v) is 10.2. The Hall–Kier alpha value is -2.80. The number of hydrogen-bond acceptors (Lipinski definition) is 3. The molecule has 0 saturated heterocycles. The molecule has 3 aromatic rings. The third kappa shape index (κ3) is 5.17. The van der Waals surface area contributed by atoms with Crippen molar-refractivity contribution in [2.24, 2.45) is 0 Å². The van der Waals surface area contributed by atoms with Gasteiger partial charge in [-0.15, -0.1) is 0 Å². The van der Waals surface area contributed by atoms with Crippen LogP contribution in [0.25, 0.3) is 0 Å². The predicted molar refractivity (Wildman–Crippen MR) is 116 cm³/mol. The third-order valence-electron chi connectivity index (χ3n) is 4.82. The molecule has 2 N–H and O–H groups in total. The largest absolute Gasteiger partial charge is 0.467 e. The van der Waals surface area contributed by atoms with E-state index in [1.165, 1.54) is 0 Å². The monoisotopic (exact) mass is 457 g/mol. The molecule has 2 amide bonds. The number of benzene rings is 1. The number of anilines is 1. The molecule has 2 heterocycles. The lowest BCUT2D eigenvalue weighted by molar-refractivity contribution is -0.116. The van der Waals surface area contributed by atoms with Gasteiger partial charge in [0.25, 0.3) is 5.91 Å². The van der Waals surface area contributed by atoms with Gasteiger partial charge in [0.15, 0.2) is 0 Å². The molecule has 0 radical (unpaired) electrons. The number of nitrogens with one attached hydrogen (secondary N) is 2. The average molecular weight is 458 g/mol. The standard InChI is InChI=1S/C22H24BrN3O3/c1-14-6-7-17(23)12-20(14)25-21(27)8-9-24-22(28)19-11-15(2)26(16(19)3)13-18-5-4-10-29-18/h4-7,10-12H,8-9,13H2,1-3H3,(H,24,28)(H,25,27). The molecule has 2 aromatic heterocycles. The van der Waals surface area contributed by atoms with Crippen molar-refractivity contribution >= 4 is 33.4 Å². The highest BCUT2D eigenvalue weighted by Gasteiger charge is 2.16. The van der Waals surface area contributed by atoms with Gasteiger partial charge >= 0.3 is 0 Å². The molecule has 0 fully saturated rings. The van der Waals surface area contributed by atoms with Crippen LogP contribution in [0, 0.1) is 20.8 Å². The molecule has 0 aliphatic rings. The van der Waals surface area contributed by atoms with Gasteiger partial charge in [-0.05, 0) is 56.7 Å². The zero-order chi connectivity index (χ0) is 21.0. The van der Waals surface area contributed by atoms with Crippen molar-refractivity contribution in [1.82, 2.24) is 9.88 Å². The van der Waals surface area contributed by atoms with Crippen LogP contribution in [-0.4, -0.2) is 22.9 Å². The van der Waals surface area contributed by atoms with E-state index >= 15 is 0 Å².